The van der Waals surface area contributed by atoms with Crippen LogP contribution in [0.3, 0.4) is 0 Å². The molecule has 0 aliphatic rings. The first-order valence-corrected chi connectivity index (χ1v) is 3.79. The molecular weight excluding hydrogens is 142 g/mol. The lowest BCUT2D eigenvalue weighted by Gasteiger charge is -2.20. The van der Waals surface area contributed by atoms with Gasteiger partial charge in [-0.1, -0.05) is 19.0 Å². The standard InChI is InChI=1S/C7H13N3O/c1-3-7(8,4-2)6-9-5-10-11-6/h5H,3-4,8H2,1-2H3. The van der Waals surface area contributed by atoms with Crippen LogP contribution >= 0.6 is 0 Å². The molecule has 0 atom stereocenters. The molecule has 4 heteroatoms. The number of nitrogens with zero attached hydrogens (tertiary/aromatic N) is 2. The van der Waals surface area contributed by atoms with Crippen LogP contribution in [0.2, 0.25) is 0 Å². The van der Waals surface area contributed by atoms with E-state index in [-0.39, 0.29) is 0 Å². The van der Waals surface area contributed by atoms with Gasteiger partial charge in [0.05, 0.1) is 5.54 Å². The lowest BCUT2D eigenvalue weighted by Crippen LogP contribution is -2.35. The zero-order chi connectivity index (χ0) is 8.32. The molecule has 1 aromatic heterocycles. The minimum absolute atomic E-state index is 0.434. The Morgan fingerprint density at radius 2 is 2.18 bits per heavy atom. The highest BCUT2D eigenvalue weighted by molar-refractivity contribution is 4.97. The molecule has 1 heterocycles. The van der Waals surface area contributed by atoms with Gasteiger partial charge in [-0.15, -0.1) is 0 Å². The van der Waals surface area contributed by atoms with E-state index in [4.69, 9.17) is 10.3 Å². The second-order valence-corrected chi connectivity index (χ2v) is 2.61. The molecule has 2 N–H and O–H groups in total. The van der Waals surface area contributed by atoms with Gasteiger partial charge in [-0.2, -0.15) is 4.98 Å². The molecular formula is C7H13N3O. The Bertz CT molecular complexity index is 203. The predicted octanol–water partition coefficient (Wildman–Crippen LogP) is 1.04. The van der Waals surface area contributed by atoms with Crippen LogP contribution in [0.1, 0.15) is 32.6 Å². The minimum atomic E-state index is -0.434. The Hall–Kier alpha value is -0.900. The molecule has 0 bridgehead atoms. The van der Waals surface area contributed by atoms with Crippen LogP contribution < -0.4 is 5.73 Å². The van der Waals surface area contributed by atoms with Gasteiger partial charge in [0, 0.05) is 0 Å². The molecule has 0 spiro atoms. The van der Waals surface area contributed by atoms with Crippen molar-refractivity contribution in [2.75, 3.05) is 0 Å². The summed E-state index contributed by atoms with van der Waals surface area (Å²) >= 11 is 0. The van der Waals surface area contributed by atoms with Gasteiger partial charge in [0.15, 0.2) is 6.33 Å². The van der Waals surface area contributed by atoms with Gasteiger partial charge in [-0.3, -0.25) is 0 Å². The fraction of sp³-hybridized carbons (Fsp3) is 0.714. The third-order valence-corrected chi connectivity index (χ3v) is 2.05. The van der Waals surface area contributed by atoms with Crippen molar-refractivity contribution < 1.29 is 4.52 Å². The van der Waals surface area contributed by atoms with E-state index < -0.39 is 5.54 Å². The predicted molar refractivity (Wildman–Crippen MR) is 40.7 cm³/mol. The molecule has 0 fully saturated rings. The van der Waals surface area contributed by atoms with E-state index in [1.54, 1.807) is 0 Å². The maximum atomic E-state index is 5.97. The highest BCUT2D eigenvalue weighted by atomic mass is 16.5. The molecule has 0 aliphatic heterocycles. The molecule has 0 saturated heterocycles. The summed E-state index contributed by atoms with van der Waals surface area (Å²) in [6.07, 6.45) is 3.00. The third kappa shape index (κ3) is 1.40. The van der Waals surface area contributed by atoms with Crippen molar-refractivity contribution >= 4 is 0 Å². The Morgan fingerprint density at radius 3 is 2.55 bits per heavy atom. The van der Waals surface area contributed by atoms with Gasteiger partial charge < -0.3 is 10.3 Å². The highest BCUT2D eigenvalue weighted by Crippen LogP contribution is 2.22. The van der Waals surface area contributed by atoms with E-state index in [1.807, 2.05) is 13.8 Å². The first-order valence-electron chi connectivity index (χ1n) is 3.79. The smallest absolute Gasteiger partial charge is 0.246 e. The van der Waals surface area contributed by atoms with E-state index in [1.165, 1.54) is 6.33 Å². The van der Waals surface area contributed by atoms with E-state index in [0.717, 1.165) is 12.8 Å². The topological polar surface area (TPSA) is 64.9 Å². The summed E-state index contributed by atoms with van der Waals surface area (Å²) in [6.45, 7) is 4.02. The van der Waals surface area contributed by atoms with Gasteiger partial charge in [-0.25, -0.2) is 0 Å². The quantitative estimate of drug-likeness (QED) is 0.708. The Labute approximate surface area is 65.8 Å². The maximum absolute atomic E-state index is 5.97. The minimum Gasteiger partial charge on any atom is -0.338 e. The van der Waals surface area contributed by atoms with E-state index in [0.29, 0.717) is 5.89 Å². The summed E-state index contributed by atoms with van der Waals surface area (Å²) in [4.78, 5) is 3.93. The molecule has 0 amide bonds. The van der Waals surface area contributed by atoms with Crippen molar-refractivity contribution in [3.63, 3.8) is 0 Å². The SMILES string of the molecule is CCC(N)(CC)c1ncno1. The average molecular weight is 155 g/mol. The molecule has 0 aromatic carbocycles. The molecule has 1 rings (SSSR count). The van der Waals surface area contributed by atoms with Crippen molar-refractivity contribution in [2.24, 2.45) is 5.73 Å². The van der Waals surface area contributed by atoms with Crippen LogP contribution in [0.4, 0.5) is 0 Å². The van der Waals surface area contributed by atoms with Crippen molar-refractivity contribution in [3.8, 4) is 0 Å². The Morgan fingerprint density at radius 1 is 1.55 bits per heavy atom. The zero-order valence-corrected chi connectivity index (χ0v) is 6.87. The molecule has 0 aliphatic carbocycles. The van der Waals surface area contributed by atoms with Crippen LogP contribution in [0, 0.1) is 0 Å². The number of rotatable bonds is 3. The molecule has 0 radical (unpaired) electrons. The first kappa shape index (κ1) is 8.20. The molecule has 11 heavy (non-hydrogen) atoms. The van der Waals surface area contributed by atoms with Crippen LogP contribution in [-0.2, 0) is 5.54 Å². The Balaban J connectivity index is 2.87. The van der Waals surface area contributed by atoms with Crippen molar-refractivity contribution in [1.29, 1.82) is 0 Å². The van der Waals surface area contributed by atoms with Gasteiger partial charge in [-0.05, 0) is 12.8 Å². The highest BCUT2D eigenvalue weighted by Gasteiger charge is 2.28. The zero-order valence-electron chi connectivity index (χ0n) is 6.87. The second kappa shape index (κ2) is 3.00. The number of hydrogen-bond donors (Lipinski definition) is 1. The second-order valence-electron chi connectivity index (χ2n) is 2.61. The van der Waals surface area contributed by atoms with Crippen LogP contribution in [0.25, 0.3) is 0 Å². The number of aromatic nitrogens is 2. The van der Waals surface area contributed by atoms with Crippen LogP contribution in [0.15, 0.2) is 10.9 Å². The van der Waals surface area contributed by atoms with E-state index in [2.05, 4.69) is 10.1 Å². The molecule has 1 aromatic rings. The lowest BCUT2D eigenvalue weighted by molar-refractivity contribution is 0.267. The summed E-state index contributed by atoms with van der Waals surface area (Å²) in [6, 6.07) is 0. The maximum Gasteiger partial charge on any atom is 0.246 e. The summed E-state index contributed by atoms with van der Waals surface area (Å²) < 4.78 is 4.89. The lowest BCUT2D eigenvalue weighted by atomic mass is 9.94. The Kier molecular flexibility index (Phi) is 2.24. The average Bonchev–Trinajstić information content (AvgIpc) is 2.55. The van der Waals surface area contributed by atoms with E-state index >= 15 is 0 Å². The molecule has 0 unspecified atom stereocenters. The van der Waals surface area contributed by atoms with E-state index in [9.17, 15) is 0 Å². The van der Waals surface area contributed by atoms with Crippen LogP contribution in [0.5, 0.6) is 0 Å². The fourth-order valence-electron chi connectivity index (χ4n) is 0.945. The summed E-state index contributed by atoms with van der Waals surface area (Å²) in [7, 11) is 0. The number of hydrogen-bond acceptors (Lipinski definition) is 4. The third-order valence-electron chi connectivity index (χ3n) is 2.05. The summed E-state index contributed by atoms with van der Waals surface area (Å²) in [5.74, 6) is 0.530. The van der Waals surface area contributed by atoms with Gasteiger partial charge in [0.2, 0.25) is 5.89 Å². The first-order chi connectivity index (χ1) is 5.23. The normalized spacial score (nSPS) is 11.9. The molecule has 4 nitrogen and oxygen atoms in total. The van der Waals surface area contributed by atoms with Gasteiger partial charge in [0.25, 0.3) is 0 Å². The van der Waals surface area contributed by atoms with Crippen LogP contribution in [-0.4, -0.2) is 10.1 Å². The molecule has 62 valence electrons. The summed E-state index contributed by atoms with van der Waals surface area (Å²) in [5, 5.41) is 3.52. The fourth-order valence-corrected chi connectivity index (χ4v) is 0.945. The monoisotopic (exact) mass is 155 g/mol. The van der Waals surface area contributed by atoms with Gasteiger partial charge >= 0.3 is 0 Å². The molecule has 0 saturated carbocycles. The van der Waals surface area contributed by atoms with Gasteiger partial charge in [0.1, 0.15) is 0 Å². The number of nitrogens with two attached hydrogens (primary N) is 1. The van der Waals surface area contributed by atoms with Crippen molar-refractivity contribution in [1.82, 2.24) is 10.1 Å². The largest absolute Gasteiger partial charge is 0.338 e. The van der Waals surface area contributed by atoms with Crippen molar-refractivity contribution in [2.45, 2.75) is 32.2 Å². The summed E-state index contributed by atoms with van der Waals surface area (Å²) in [5.41, 5.74) is 5.53. The van der Waals surface area contributed by atoms with Crippen molar-refractivity contribution in [3.05, 3.63) is 12.2 Å².